The van der Waals surface area contributed by atoms with Gasteiger partial charge < -0.3 is 14.7 Å². The molecule has 1 heterocycles. The van der Waals surface area contributed by atoms with E-state index in [9.17, 15) is 9.59 Å². The predicted octanol–water partition coefficient (Wildman–Crippen LogP) is 1.65. The van der Waals surface area contributed by atoms with Gasteiger partial charge in [0.25, 0.3) is 5.91 Å². The molecule has 1 atom stereocenters. The maximum absolute atomic E-state index is 11.7. The molecule has 1 unspecified atom stereocenters. The molecule has 96 valence electrons. The van der Waals surface area contributed by atoms with E-state index in [1.165, 1.54) is 18.2 Å². The van der Waals surface area contributed by atoms with Crippen molar-refractivity contribution in [3.05, 3.63) is 28.8 Å². The lowest BCUT2D eigenvalue weighted by atomic mass is 10.2. The van der Waals surface area contributed by atoms with Gasteiger partial charge in [0.15, 0.2) is 6.10 Å². The summed E-state index contributed by atoms with van der Waals surface area (Å²) in [5, 5.41) is 9.36. The number of likely N-dealkylation sites (tertiary alicyclic amines) is 1. The molecule has 1 saturated heterocycles. The summed E-state index contributed by atoms with van der Waals surface area (Å²) < 4.78 is 5.47. The summed E-state index contributed by atoms with van der Waals surface area (Å²) in [7, 11) is 1.69. The number of halogens is 1. The third kappa shape index (κ3) is 2.41. The molecule has 1 aromatic carbocycles. The van der Waals surface area contributed by atoms with E-state index in [0.29, 0.717) is 18.0 Å². The number of carbonyl (C=O) groups excluding carboxylic acids is 1. The fraction of sp³-hybridized carbons (Fsp3) is 0.333. The molecular formula is C12H12ClNO4. The standard InChI is InChI=1S/C12H12ClNO4/c1-14-5-4-10(11(14)15)18-9-3-2-7(13)6-8(9)12(16)17/h2-3,6,10H,4-5H2,1H3,(H,16,17). The Morgan fingerprint density at radius 2 is 2.28 bits per heavy atom. The number of likely N-dealkylation sites (N-methyl/N-ethyl adjacent to an activating group) is 1. The summed E-state index contributed by atoms with van der Waals surface area (Å²) >= 11 is 5.74. The Labute approximate surface area is 109 Å². The molecule has 6 heteroatoms. The lowest BCUT2D eigenvalue weighted by Crippen LogP contribution is -2.29. The van der Waals surface area contributed by atoms with Gasteiger partial charge in [0.05, 0.1) is 0 Å². The molecule has 18 heavy (non-hydrogen) atoms. The Hall–Kier alpha value is -1.75. The van der Waals surface area contributed by atoms with Gasteiger partial charge in [0.2, 0.25) is 0 Å². The molecule has 0 bridgehead atoms. The minimum atomic E-state index is -1.13. The first kappa shape index (κ1) is 12.7. The van der Waals surface area contributed by atoms with Crippen LogP contribution in [0, 0.1) is 0 Å². The first-order chi connectivity index (χ1) is 8.49. The second kappa shape index (κ2) is 4.86. The van der Waals surface area contributed by atoms with Crippen molar-refractivity contribution in [2.45, 2.75) is 12.5 Å². The molecule has 0 radical (unpaired) electrons. The molecule has 1 aliphatic heterocycles. The molecular weight excluding hydrogens is 258 g/mol. The van der Waals surface area contributed by atoms with Gasteiger partial charge in [-0.25, -0.2) is 4.79 Å². The Balaban J connectivity index is 2.24. The third-order valence-corrected chi connectivity index (χ3v) is 3.05. The summed E-state index contributed by atoms with van der Waals surface area (Å²) in [6.45, 7) is 0.611. The van der Waals surface area contributed by atoms with Crippen LogP contribution in [-0.4, -0.2) is 41.6 Å². The van der Waals surface area contributed by atoms with E-state index in [-0.39, 0.29) is 17.2 Å². The number of hydrogen-bond donors (Lipinski definition) is 1. The molecule has 5 nitrogen and oxygen atoms in total. The highest BCUT2D eigenvalue weighted by Crippen LogP contribution is 2.26. The van der Waals surface area contributed by atoms with Crippen LogP contribution in [0.25, 0.3) is 0 Å². The number of carbonyl (C=O) groups is 2. The largest absolute Gasteiger partial charge is 0.480 e. The van der Waals surface area contributed by atoms with E-state index in [1.54, 1.807) is 11.9 Å². The van der Waals surface area contributed by atoms with Crippen molar-refractivity contribution in [2.75, 3.05) is 13.6 Å². The summed E-state index contributed by atoms with van der Waals surface area (Å²) in [6, 6.07) is 4.31. The molecule has 0 aromatic heterocycles. The van der Waals surface area contributed by atoms with Crippen molar-refractivity contribution in [1.29, 1.82) is 0 Å². The minimum absolute atomic E-state index is 0.0372. The topological polar surface area (TPSA) is 66.8 Å². The second-order valence-electron chi connectivity index (χ2n) is 4.10. The first-order valence-corrected chi connectivity index (χ1v) is 5.81. The first-order valence-electron chi connectivity index (χ1n) is 5.43. The third-order valence-electron chi connectivity index (χ3n) is 2.82. The predicted molar refractivity (Wildman–Crippen MR) is 65.1 cm³/mol. The van der Waals surface area contributed by atoms with E-state index in [0.717, 1.165) is 0 Å². The van der Waals surface area contributed by atoms with Gasteiger partial charge in [-0.1, -0.05) is 11.6 Å². The van der Waals surface area contributed by atoms with Crippen LogP contribution in [0.1, 0.15) is 16.8 Å². The van der Waals surface area contributed by atoms with Crippen molar-refractivity contribution in [3.63, 3.8) is 0 Å². The Kier molecular flexibility index (Phi) is 3.43. The summed E-state index contributed by atoms with van der Waals surface area (Å²) in [5.41, 5.74) is -0.0372. The summed E-state index contributed by atoms with van der Waals surface area (Å²) in [4.78, 5) is 24.3. The van der Waals surface area contributed by atoms with Crippen LogP contribution >= 0.6 is 11.6 Å². The molecule has 1 fully saturated rings. The zero-order chi connectivity index (χ0) is 13.3. The van der Waals surface area contributed by atoms with E-state index < -0.39 is 12.1 Å². The number of nitrogens with zero attached hydrogens (tertiary/aromatic N) is 1. The van der Waals surface area contributed by atoms with Crippen molar-refractivity contribution < 1.29 is 19.4 Å². The van der Waals surface area contributed by atoms with Gasteiger partial charge in [0, 0.05) is 25.0 Å². The van der Waals surface area contributed by atoms with Gasteiger partial charge in [-0.3, -0.25) is 4.79 Å². The molecule has 2 rings (SSSR count). The highest BCUT2D eigenvalue weighted by Gasteiger charge is 2.31. The number of carboxylic acid groups (broad SMARTS) is 1. The number of aromatic carboxylic acids is 1. The normalized spacial score (nSPS) is 19.1. The van der Waals surface area contributed by atoms with Gasteiger partial charge in [0.1, 0.15) is 11.3 Å². The lowest BCUT2D eigenvalue weighted by molar-refractivity contribution is -0.132. The van der Waals surface area contributed by atoms with Gasteiger partial charge >= 0.3 is 5.97 Å². The van der Waals surface area contributed by atoms with Crippen LogP contribution in [0.4, 0.5) is 0 Å². The smallest absolute Gasteiger partial charge is 0.339 e. The van der Waals surface area contributed by atoms with Crippen molar-refractivity contribution in [1.82, 2.24) is 4.90 Å². The van der Waals surface area contributed by atoms with E-state index in [4.69, 9.17) is 21.4 Å². The SMILES string of the molecule is CN1CCC(Oc2ccc(Cl)cc2C(=O)O)C1=O. The van der Waals surface area contributed by atoms with Crippen LogP contribution in [0.15, 0.2) is 18.2 Å². The number of carboxylic acids is 1. The van der Waals surface area contributed by atoms with Crippen molar-refractivity contribution >= 4 is 23.5 Å². The monoisotopic (exact) mass is 269 g/mol. The molecule has 1 aliphatic rings. The van der Waals surface area contributed by atoms with E-state index in [1.807, 2.05) is 0 Å². The zero-order valence-corrected chi connectivity index (χ0v) is 10.5. The quantitative estimate of drug-likeness (QED) is 0.906. The number of rotatable bonds is 3. The highest BCUT2D eigenvalue weighted by molar-refractivity contribution is 6.31. The number of hydrogen-bond acceptors (Lipinski definition) is 3. The molecule has 1 aromatic rings. The molecule has 0 spiro atoms. The zero-order valence-electron chi connectivity index (χ0n) is 9.72. The maximum Gasteiger partial charge on any atom is 0.339 e. The Morgan fingerprint density at radius 1 is 1.56 bits per heavy atom. The van der Waals surface area contributed by atoms with Crippen LogP contribution < -0.4 is 4.74 Å². The lowest BCUT2D eigenvalue weighted by Gasteiger charge is -2.14. The molecule has 1 N–H and O–H groups in total. The average molecular weight is 270 g/mol. The molecule has 0 saturated carbocycles. The van der Waals surface area contributed by atoms with Gasteiger partial charge in [-0.15, -0.1) is 0 Å². The highest BCUT2D eigenvalue weighted by atomic mass is 35.5. The Bertz CT molecular complexity index is 503. The fourth-order valence-electron chi connectivity index (χ4n) is 1.83. The summed E-state index contributed by atoms with van der Waals surface area (Å²) in [5.74, 6) is -1.10. The van der Waals surface area contributed by atoms with Crippen LogP contribution in [-0.2, 0) is 4.79 Å². The van der Waals surface area contributed by atoms with Crippen molar-refractivity contribution in [3.8, 4) is 5.75 Å². The average Bonchev–Trinajstić information content (AvgIpc) is 2.63. The van der Waals surface area contributed by atoms with Crippen molar-refractivity contribution in [2.24, 2.45) is 0 Å². The fourth-order valence-corrected chi connectivity index (χ4v) is 2.00. The minimum Gasteiger partial charge on any atom is -0.480 e. The molecule has 1 amide bonds. The number of ether oxygens (including phenoxy) is 1. The van der Waals surface area contributed by atoms with Gasteiger partial charge in [-0.05, 0) is 18.2 Å². The van der Waals surface area contributed by atoms with Crippen LogP contribution in [0.3, 0.4) is 0 Å². The molecule has 0 aliphatic carbocycles. The van der Waals surface area contributed by atoms with E-state index >= 15 is 0 Å². The number of amides is 1. The van der Waals surface area contributed by atoms with Gasteiger partial charge in [-0.2, -0.15) is 0 Å². The summed E-state index contributed by atoms with van der Waals surface area (Å²) in [6.07, 6.45) is -0.0638. The van der Waals surface area contributed by atoms with Crippen LogP contribution in [0.5, 0.6) is 5.75 Å². The maximum atomic E-state index is 11.7. The van der Waals surface area contributed by atoms with E-state index in [2.05, 4.69) is 0 Å². The Morgan fingerprint density at radius 3 is 2.83 bits per heavy atom. The second-order valence-corrected chi connectivity index (χ2v) is 4.54. The number of benzene rings is 1. The van der Waals surface area contributed by atoms with Crippen LogP contribution in [0.2, 0.25) is 5.02 Å².